The Morgan fingerprint density at radius 1 is 1.32 bits per heavy atom. The van der Waals surface area contributed by atoms with Gasteiger partial charge in [0.05, 0.1) is 12.0 Å². The lowest BCUT2D eigenvalue weighted by molar-refractivity contribution is 0.0138. The van der Waals surface area contributed by atoms with Gasteiger partial charge in [-0.3, -0.25) is 4.90 Å². The standard InChI is InChI=1S/C14H25N3O2/c1-5-12(10-15)11-16-6-8-17(9-7-16)13(18)19-14(2,3)4/h12H,5-9,11H2,1-4H3. The lowest BCUT2D eigenvalue weighted by Gasteiger charge is -2.36. The average Bonchev–Trinajstić information content (AvgIpc) is 2.34. The molecule has 1 atom stereocenters. The summed E-state index contributed by atoms with van der Waals surface area (Å²) in [6, 6.07) is 2.32. The van der Waals surface area contributed by atoms with Gasteiger partial charge in [0.2, 0.25) is 0 Å². The van der Waals surface area contributed by atoms with Crippen LogP contribution in [0.1, 0.15) is 34.1 Å². The zero-order valence-corrected chi connectivity index (χ0v) is 12.5. The number of hydrogen-bond donors (Lipinski definition) is 0. The highest BCUT2D eigenvalue weighted by molar-refractivity contribution is 5.68. The molecule has 1 unspecified atom stereocenters. The van der Waals surface area contributed by atoms with Gasteiger partial charge in [0, 0.05) is 32.7 Å². The zero-order chi connectivity index (χ0) is 14.5. The Kier molecular flexibility index (Phi) is 5.61. The van der Waals surface area contributed by atoms with Crippen LogP contribution < -0.4 is 0 Å². The summed E-state index contributed by atoms with van der Waals surface area (Å²) in [5.74, 6) is 0.0908. The van der Waals surface area contributed by atoms with Crippen LogP contribution in [0, 0.1) is 17.2 Å². The van der Waals surface area contributed by atoms with Crippen LogP contribution in [-0.2, 0) is 4.74 Å². The van der Waals surface area contributed by atoms with Crippen LogP contribution >= 0.6 is 0 Å². The quantitative estimate of drug-likeness (QED) is 0.785. The molecule has 1 aliphatic heterocycles. The molecule has 1 fully saturated rings. The average molecular weight is 267 g/mol. The minimum atomic E-state index is -0.442. The van der Waals surface area contributed by atoms with Gasteiger partial charge < -0.3 is 9.64 Å². The number of nitriles is 1. The molecule has 5 nitrogen and oxygen atoms in total. The molecule has 0 N–H and O–H groups in total. The lowest BCUT2D eigenvalue weighted by Crippen LogP contribution is -2.50. The third-order valence-corrected chi connectivity index (χ3v) is 3.18. The van der Waals surface area contributed by atoms with Gasteiger partial charge in [-0.2, -0.15) is 5.26 Å². The molecule has 1 amide bonds. The van der Waals surface area contributed by atoms with Gasteiger partial charge in [-0.15, -0.1) is 0 Å². The normalized spacial score (nSPS) is 18.8. The highest BCUT2D eigenvalue weighted by Crippen LogP contribution is 2.13. The smallest absolute Gasteiger partial charge is 0.410 e. The molecular weight excluding hydrogens is 242 g/mol. The predicted molar refractivity (Wildman–Crippen MR) is 73.6 cm³/mol. The number of carbonyl (C=O) groups is 1. The largest absolute Gasteiger partial charge is 0.444 e. The highest BCUT2D eigenvalue weighted by Gasteiger charge is 2.26. The van der Waals surface area contributed by atoms with Crippen molar-refractivity contribution in [3.63, 3.8) is 0 Å². The van der Waals surface area contributed by atoms with E-state index in [4.69, 9.17) is 10.00 Å². The number of rotatable bonds is 3. The second-order valence-electron chi connectivity index (χ2n) is 6.00. The summed E-state index contributed by atoms with van der Waals surface area (Å²) in [6.45, 7) is 11.4. The van der Waals surface area contributed by atoms with Crippen LogP contribution in [-0.4, -0.2) is 54.2 Å². The van der Waals surface area contributed by atoms with E-state index < -0.39 is 5.60 Å². The first-order valence-corrected chi connectivity index (χ1v) is 6.95. The summed E-state index contributed by atoms with van der Waals surface area (Å²) in [7, 11) is 0. The van der Waals surface area contributed by atoms with Crippen molar-refractivity contribution in [1.82, 2.24) is 9.80 Å². The van der Waals surface area contributed by atoms with Crippen LogP contribution in [0.2, 0.25) is 0 Å². The molecule has 0 aromatic heterocycles. The van der Waals surface area contributed by atoms with E-state index in [2.05, 4.69) is 11.0 Å². The summed E-state index contributed by atoms with van der Waals surface area (Å²) < 4.78 is 5.35. The fraction of sp³-hybridized carbons (Fsp3) is 0.857. The van der Waals surface area contributed by atoms with E-state index in [1.165, 1.54) is 0 Å². The number of amides is 1. The van der Waals surface area contributed by atoms with Gasteiger partial charge in [-0.05, 0) is 27.2 Å². The number of piperazine rings is 1. The van der Waals surface area contributed by atoms with Gasteiger partial charge in [-0.25, -0.2) is 4.79 Å². The Labute approximate surface area is 116 Å². The van der Waals surface area contributed by atoms with E-state index in [1.807, 2.05) is 27.7 Å². The molecule has 108 valence electrons. The van der Waals surface area contributed by atoms with E-state index in [1.54, 1.807) is 4.90 Å². The number of nitrogens with zero attached hydrogens (tertiary/aromatic N) is 3. The van der Waals surface area contributed by atoms with Gasteiger partial charge >= 0.3 is 6.09 Å². The first-order valence-electron chi connectivity index (χ1n) is 6.95. The maximum atomic E-state index is 11.9. The molecule has 5 heteroatoms. The SMILES string of the molecule is CCC(C#N)CN1CCN(C(=O)OC(C)(C)C)CC1. The minimum absolute atomic E-state index is 0.0908. The molecule has 1 saturated heterocycles. The molecule has 1 rings (SSSR count). The molecule has 1 aliphatic rings. The number of ether oxygens (including phenoxy) is 1. The second-order valence-corrected chi connectivity index (χ2v) is 6.00. The van der Waals surface area contributed by atoms with Crippen molar-refractivity contribution in [3.8, 4) is 6.07 Å². The molecule has 0 saturated carbocycles. The minimum Gasteiger partial charge on any atom is -0.444 e. The van der Waals surface area contributed by atoms with Crippen molar-refractivity contribution in [2.24, 2.45) is 5.92 Å². The van der Waals surface area contributed by atoms with Crippen LogP contribution in [0.5, 0.6) is 0 Å². The summed E-state index contributed by atoms with van der Waals surface area (Å²) >= 11 is 0. The lowest BCUT2D eigenvalue weighted by atomic mass is 10.1. The maximum absolute atomic E-state index is 11.9. The van der Waals surface area contributed by atoms with Gasteiger partial charge in [-0.1, -0.05) is 6.92 Å². The third-order valence-electron chi connectivity index (χ3n) is 3.18. The Hall–Kier alpha value is -1.28. The fourth-order valence-corrected chi connectivity index (χ4v) is 2.01. The van der Waals surface area contributed by atoms with E-state index in [0.29, 0.717) is 13.1 Å². The molecule has 0 aromatic carbocycles. The first-order chi connectivity index (χ1) is 8.85. The first kappa shape index (κ1) is 15.8. The van der Waals surface area contributed by atoms with Crippen LogP contribution in [0.15, 0.2) is 0 Å². The predicted octanol–water partition coefficient (Wildman–Crippen LogP) is 2.09. The van der Waals surface area contributed by atoms with E-state index >= 15 is 0 Å². The van der Waals surface area contributed by atoms with Crippen molar-refractivity contribution in [2.45, 2.75) is 39.7 Å². The van der Waals surface area contributed by atoms with Crippen LogP contribution in [0.3, 0.4) is 0 Å². The monoisotopic (exact) mass is 267 g/mol. The van der Waals surface area contributed by atoms with E-state index in [-0.39, 0.29) is 12.0 Å². The molecule has 1 heterocycles. The third kappa shape index (κ3) is 5.48. The van der Waals surface area contributed by atoms with Gasteiger partial charge in [0.15, 0.2) is 0 Å². The van der Waals surface area contributed by atoms with Crippen molar-refractivity contribution >= 4 is 6.09 Å². The Balaban J connectivity index is 2.37. The molecule has 0 radical (unpaired) electrons. The zero-order valence-electron chi connectivity index (χ0n) is 12.5. The number of carbonyl (C=O) groups excluding carboxylic acids is 1. The molecule has 0 bridgehead atoms. The second kappa shape index (κ2) is 6.76. The molecule has 0 aromatic rings. The van der Waals surface area contributed by atoms with Crippen molar-refractivity contribution < 1.29 is 9.53 Å². The molecule has 0 spiro atoms. The van der Waals surface area contributed by atoms with Gasteiger partial charge in [0.1, 0.15) is 5.60 Å². The van der Waals surface area contributed by atoms with Gasteiger partial charge in [0.25, 0.3) is 0 Å². The summed E-state index contributed by atoms with van der Waals surface area (Å²) in [6.07, 6.45) is 0.641. The molecular formula is C14H25N3O2. The highest BCUT2D eigenvalue weighted by atomic mass is 16.6. The van der Waals surface area contributed by atoms with Crippen molar-refractivity contribution in [3.05, 3.63) is 0 Å². The Morgan fingerprint density at radius 3 is 2.32 bits per heavy atom. The topological polar surface area (TPSA) is 56.6 Å². The number of hydrogen-bond acceptors (Lipinski definition) is 4. The summed E-state index contributed by atoms with van der Waals surface area (Å²) in [5, 5.41) is 8.96. The summed E-state index contributed by atoms with van der Waals surface area (Å²) in [4.78, 5) is 15.9. The Bertz CT molecular complexity index is 336. The van der Waals surface area contributed by atoms with Crippen LogP contribution in [0.4, 0.5) is 4.79 Å². The van der Waals surface area contributed by atoms with Crippen molar-refractivity contribution in [2.75, 3.05) is 32.7 Å². The van der Waals surface area contributed by atoms with Crippen LogP contribution in [0.25, 0.3) is 0 Å². The summed E-state index contributed by atoms with van der Waals surface area (Å²) in [5.41, 5.74) is -0.442. The van der Waals surface area contributed by atoms with Crippen molar-refractivity contribution in [1.29, 1.82) is 5.26 Å². The molecule has 0 aliphatic carbocycles. The Morgan fingerprint density at radius 2 is 1.89 bits per heavy atom. The molecule has 19 heavy (non-hydrogen) atoms. The van der Waals surface area contributed by atoms with E-state index in [9.17, 15) is 4.79 Å². The van der Waals surface area contributed by atoms with E-state index in [0.717, 1.165) is 26.1 Å². The maximum Gasteiger partial charge on any atom is 0.410 e. The fourth-order valence-electron chi connectivity index (χ4n) is 2.01.